The molecule has 1 aliphatic rings. The Bertz CT molecular complexity index is 209. The van der Waals surface area contributed by atoms with Crippen molar-refractivity contribution in [2.75, 3.05) is 13.1 Å². The predicted octanol–water partition coefficient (Wildman–Crippen LogP) is 4.72. The zero-order valence-electron chi connectivity index (χ0n) is 14.1. The third-order valence-electron chi connectivity index (χ3n) is 4.82. The lowest BCUT2D eigenvalue weighted by Crippen LogP contribution is -2.41. The molecule has 0 unspecified atom stereocenters. The van der Waals surface area contributed by atoms with Crippen molar-refractivity contribution in [3.63, 3.8) is 0 Å². The van der Waals surface area contributed by atoms with E-state index in [2.05, 4.69) is 18.7 Å². The van der Waals surface area contributed by atoms with Crippen molar-refractivity contribution in [1.29, 1.82) is 0 Å². The minimum atomic E-state index is 0.480. The first-order valence-electron chi connectivity index (χ1n) is 9.27. The molecule has 1 fully saturated rings. The van der Waals surface area contributed by atoms with Gasteiger partial charge in [-0.25, -0.2) is 0 Å². The first kappa shape index (κ1) is 18.0. The molecule has 1 rings (SSSR count). The number of hydrogen-bond acceptors (Lipinski definition) is 2. The van der Waals surface area contributed by atoms with E-state index >= 15 is 0 Å². The van der Waals surface area contributed by atoms with Gasteiger partial charge in [-0.1, -0.05) is 52.4 Å². The third kappa shape index (κ3) is 7.64. The summed E-state index contributed by atoms with van der Waals surface area (Å²) in [4.78, 5) is 2.76. The summed E-state index contributed by atoms with van der Waals surface area (Å²) in [6.45, 7) is 7.21. The van der Waals surface area contributed by atoms with Crippen LogP contribution in [0.15, 0.2) is 0 Å². The van der Waals surface area contributed by atoms with Crippen molar-refractivity contribution in [3.05, 3.63) is 0 Å². The highest BCUT2D eigenvalue weighted by atomic mass is 15.1. The topological polar surface area (TPSA) is 29.3 Å². The van der Waals surface area contributed by atoms with E-state index in [0.29, 0.717) is 6.04 Å². The van der Waals surface area contributed by atoms with Crippen molar-refractivity contribution in [3.8, 4) is 0 Å². The lowest BCUT2D eigenvalue weighted by atomic mass is 9.90. The molecule has 0 amide bonds. The molecule has 0 aromatic heterocycles. The van der Waals surface area contributed by atoms with Crippen LogP contribution < -0.4 is 5.73 Å². The Balaban J connectivity index is 2.12. The van der Waals surface area contributed by atoms with E-state index in [1.54, 1.807) is 0 Å². The summed E-state index contributed by atoms with van der Waals surface area (Å²) in [5.74, 6) is 0. The summed E-state index contributed by atoms with van der Waals surface area (Å²) >= 11 is 0. The van der Waals surface area contributed by atoms with Crippen LogP contribution in [0.5, 0.6) is 0 Å². The lowest BCUT2D eigenvalue weighted by Gasteiger charge is -2.36. The summed E-state index contributed by atoms with van der Waals surface area (Å²) in [6.07, 6.45) is 16.4. The second-order valence-corrected chi connectivity index (χ2v) is 6.73. The molecule has 1 saturated carbocycles. The monoisotopic (exact) mass is 282 g/mol. The van der Waals surface area contributed by atoms with Gasteiger partial charge in [0, 0.05) is 12.1 Å². The van der Waals surface area contributed by atoms with Crippen molar-refractivity contribution >= 4 is 0 Å². The number of unbranched alkanes of at least 4 members (excludes halogenated alkanes) is 6. The summed E-state index contributed by atoms with van der Waals surface area (Å²) in [7, 11) is 0. The number of nitrogens with zero attached hydrogens (tertiary/aromatic N) is 1. The maximum atomic E-state index is 6.03. The Morgan fingerprint density at radius 1 is 0.750 bits per heavy atom. The molecule has 120 valence electrons. The normalized spacial score (nSPS) is 23.4. The number of nitrogens with two attached hydrogens (primary N) is 1. The van der Waals surface area contributed by atoms with E-state index in [9.17, 15) is 0 Å². The predicted molar refractivity (Wildman–Crippen MR) is 90.1 cm³/mol. The van der Waals surface area contributed by atoms with Crippen LogP contribution in [0.2, 0.25) is 0 Å². The molecule has 0 aliphatic heterocycles. The van der Waals surface area contributed by atoms with Crippen molar-refractivity contribution < 1.29 is 0 Å². The van der Waals surface area contributed by atoms with Gasteiger partial charge in [0.15, 0.2) is 0 Å². The highest BCUT2D eigenvalue weighted by molar-refractivity contribution is 4.81. The fourth-order valence-electron chi connectivity index (χ4n) is 3.50. The SMILES string of the molecule is CCCCCCCCCN(CCC)C1CCC(N)CC1. The van der Waals surface area contributed by atoms with Crippen LogP contribution in [0.25, 0.3) is 0 Å². The molecule has 0 aromatic carbocycles. The molecule has 20 heavy (non-hydrogen) atoms. The van der Waals surface area contributed by atoms with E-state index in [4.69, 9.17) is 5.73 Å². The maximum absolute atomic E-state index is 6.03. The fourth-order valence-corrected chi connectivity index (χ4v) is 3.50. The summed E-state index contributed by atoms with van der Waals surface area (Å²) in [6, 6.07) is 1.31. The van der Waals surface area contributed by atoms with Crippen LogP contribution in [0.4, 0.5) is 0 Å². The quantitative estimate of drug-likeness (QED) is 0.556. The average Bonchev–Trinajstić information content (AvgIpc) is 2.46. The lowest BCUT2D eigenvalue weighted by molar-refractivity contribution is 0.146. The molecule has 0 radical (unpaired) electrons. The van der Waals surface area contributed by atoms with Gasteiger partial charge >= 0.3 is 0 Å². The molecule has 2 heteroatoms. The van der Waals surface area contributed by atoms with E-state index in [-0.39, 0.29) is 0 Å². The third-order valence-corrected chi connectivity index (χ3v) is 4.82. The van der Waals surface area contributed by atoms with E-state index < -0.39 is 0 Å². The Labute approximate surface area is 127 Å². The van der Waals surface area contributed by atoms with Crippen molar-refractivity contribution in [1.82, 2.24) is 4.90 Å². The minimum Gasteiger partial charge on any atom is -0.328 e. The first-order valence-corrected chi connectivity index (χ1v) is 9.27. The van der Waals surface area contributed by atoms with Gasteiger partial charge in [0.1, 0.15) is 0 Å². The van der Waals surface area contributed by atoms with Crippen LogP contribution in [-0.4, -0.2) is 30.1 Å². The molecule has 0 heterocycles. The van der Waals surface area contributed by atoms with Crippen molar-refractivity contribution in [2.24, 2.45) is 5.73 Å². The Morgan fingerprint density at radius 3 is 1.95 bits per heavy atom. The van der Waals surface area contributed by atoms with Crippen LogP contribution in [0.3, 0.4) is 0 Å². The van der Waals surface area contributed by atoms with Crippen LogP contribution >= 0.6 is 0 Å². The van der Waals surface area contributed by atoms with E-state index in [1.165, 1.54) is 90.1 Å². The zero-order chi connectivity index (χ0) is 14.6. The fraction of sp³-hybridized carbons (Fsp3) is 1.00. The highest BCUT2D eigenvalue weighted by Crippen LogP contribution is 2.23. The van der Waals surface area contributed by atoms with Crippen LogP contribution in [-0.2, 0) is 0 Å². The van der Waals surface area contributed by atoms with Gasteiger partial charge in [-0.05, 0) is 51.6 Å². The van der Waals surface area contributed by atoms with Gasteiger partial charge < -0.3 is 10.6 Å². The van der Waals surface area contributed by atoms with Gasteiger partial charge in [-0.2, -0.15) is 0 Å². The second kappa shape index (κ2) is 11.6. The van der Waals surface area contributed by atoms with Crippen LogP contribution in [0, 0.1) is 0 Å². The summed E-state index contributed by atoms with van der Waals surface area (Å²) < 4.78 is 0. The van der Waals surface area contributed by atoms with Gasteiger partial charge in [-0.15, -0.1) is 0 Å². The Hall–Kier alpha value is -0.0800. The Kier molecular flexibility index (Phi) is 10.4. The van der Waals surface area contributed by atoms with Gasteiger partial charge in [-0.3, -0.25) is 0 Å². The highest BCUT2D eigenvalue weighted by Gasteiger charge is 2.23. The van der Waals surface area contributed by atoms with E-state index in [1.807, 2.05) is 0 Å². The standard InChI is InChI=1S/C18H38N2/c1-3-5-6-7-8-9-10-16-20(15-4-2)18-13-11-17(19)12-14-18/h17-18H,3-16,19H2,1-2H3. The van der Waals surface area contributed by atoms with E-state index in [0.717, 1.165) is 6.04 Å². The molecule has 0 saturated heterocycles. The summed E-state index contributed by atoms with van der Waals surface area (Å²) in [5.41, 5.74) is 6.03. The maximum Gasteiger partial charge on any atom is 0.00964 e. The number of hydrogen-bond donors (Lipinski definition) is 1. The molecule has 0 spiro atoms. The van der Waals surface area contributed by atoms with Gasteiger partial charge in [0.25, 0.3) is 0 Å². The average molecular weight is 283 g/mol. The first-order chi connectivity index (χ1) is 9.77. The molecule has 0 aromatic rings. The number of rotatable bonds is 11. The molecule has 2 nitrogen and oxygen atoms in total. The van der Waals surface area contributed by atoms with Crippen molar-refractivity contribution in [2.45, 2.75) is 103 Å². The molecular formula is C18H38N2. The van der Waals surface area contributed by atoms with Crippen LogP contribution in [0.1, 0.15) is 90.9 Å². The Morgan fingerprint density at radius 2 is 1.35 bits per heavy atom. The molecular weight excluding hydrogens is 244 g/mol. The molecule has 2 N–H and O–H groups in total. The smallest absolute Gasteiger partial charge is 0.00964 e. The van der Waals surface area contributed by atoms with Gasteiger partial charge in [0.05, 0.1) is 0 Å². The minimum absolute atomic E-state index is 0.480. The molecule has 0 bridgehead atoms. The molecule has 1 aliphatic carbocycles. The zero-order valence-corrected chi connectivity index (χ0v) is 14.1. The summed E-state index contributed by atoms with van der Waals surface area (Å²) in [5, 5.41) is 0. The van der Waals surface area contributed by atoms with Gasteiger partial charge in [0.2, 0.25) is 0 Å². The second-order valence-electron chi connectivity index (χ2n) is 6.73. The molecule has 0 atom stereocenters. The largest absolute Gasteiger partial charge is 0.328 e.